The lowest BCUT2D eigenvalue weighted by molar-refractivity contribution is -0.134. The largest absolute Gasteiger partial charge is 0.389 e. The standard InChI is InChI=1S/C18H18F3N5/c1-10-13(7-22)17(11-2-3-15-12(6-11)9-24-26-15)14(8-23)16(25-10)4-5-18(19,20)21/h9,11,17,25H,2-6H2,1H3,(H,24,26). The first-order chi connectivity index (χ1) is 12.3. The number of rotatable bonds is 3. The van der Waals surface area contributed by atoms with Gasteiger partial charge in [0.25, 0.3) is 0 Å². The van der Waals surface area contributed by atoms with E-state index in [0.29, 0.717) is 17.7 Å². The molecule has 5 nitrogen and oxygen atoms in total. The fourth-order valence-corrected chi connectivity index (χ4v) is 3.88. The predicted molar refractivity (Wildman–Crippen MR) is 87.0 cm³/mol. The molecule has 0 fully saturated rings. The molecule has 26 heavy (non-hydrogen) atoms. The smallest absolute Gasteiger partial charge is 0.361 e. The van der Waals surface area contributed by atoms with Crippen molar-refractivity contribution in [3.05, 3.63) is 40.0 Å². The van der Waals surface area contributed by atoms with E-state index in [1.807, 2.05) is 0 Å². The number of nitrogens with one attached hydrogen (secondary N) is 2. The third-order valence-corrected chi connectivity index (χ3v) is 5.12. The summed E-state index contributed by atoms with van der Waals surface area (Å²) in [6.45, 7) is 1.68. The number of alkyl halides is 3. The highest BCUT2D eigenvalue weighted by Gasteiger charge is 2.38. The van der Waals surface area contributed by atoms with Gasteiger partial charge in [0, 0.05) is 29.4 Å². The second-order valence-electron chi connectivity index (χ2n) is 6.75. The van der Waals surface area contributed by atoms with Gasteiger partial charge in [0.2, 0.25) is 0 Å². The van der Waals surface area contributed by atoms with E-state index in [1.54, 1.807) is 13.1 Å². The first kappa shape index (κ1) is 18.1. The number of allylic oxidation sites excluding steroid dienone is 4. The lowest BCUT2D eigenvalue weighted by Crippen LogP contribution is -2.33. The van der Waals surface area contributed by atoms with Crippen LogP contribution in [0.1, 0.15) is 37.4 Å². The maximum Gasteiger partial charge on any atom is 0.389 e. The third kappa shape index (κ3) is 3.45. The van der Waals surface area contributed by atoms with E-state index in [2.05, 4.69) is 27.7 Å². The molecule has 0 spiro atoms. The van der Waals surface area contributed by atoms with E-state index < -0.39 is 18.5 Å². The molecule has 1 aromatic rings. The molecule has 0 bridgehead atoms. The zero-order valence-electron chi connectivity index (χ0n) is 14.2. The van der Waals surface area contributed by atoms with Crippen LogP contribution in [0.15, 0.2) is 28.7 Å². The minimum atomic E-state index is -4.30. The van der Waals surface area contributed by atoms with Crippen LogP contribution in [0.2, 0.25) is 0 Å². The topological polar surface area (TPSA) is 88.3 Å². The molecule has 3 rings (SSSR count). The summed E-state index contributed by atoms with van der Waals surface area (Å²) in [4.78, 5) is 0. The van der Waals surface area contributed by atoms with Gasteiger partial charge in [0.15, 0.2) is 0 Å². The summed E-state index contributed by atoms with van der Waals surface area (Å²) in [7, 11) is 0. The molecule has 2 N–H and O–H groups in total. The van der Waals surface area contributed by atoms with Crippen molar-refractivity contribution in [3.8, 4) is 12.1 Å². The van der Waals surface area contributed by atoms with E-state index in [0.717, 1.165) is 24.1 Å². The van der Waals surface area contributed by atoms with Gasteiger partial charge in [-0.3, -0.25) is 5.10 Å². The van der Waals surface area contributed by atoms with Crippen LogP contribution in [0, 0.1) is 34.5 Å². The van der Waals surface area contributed by atoms with E-state index in [9.17, 15) is 23.7 Å². The Morgan fingerprint density at radius 2 is 2.00 bits per heavy atom. The first-order valence-corrected chi connectivity index (χ1v) is 8.43. The Labute approximate surface area is 149 Å². The van der Waals surface area contributed by atoms with E-state index >= 15 is 0 Å². The number of H-pyrrole nitrogens is 1. The normalized spacial score (nSPS) is 23.2. The second-order valence-corrected chi connectivity index (χ2v) is 6.75. The number of dihydropyridines is 1. The summed E-state index contributed by atoms with van der Waals surface area (Å²) in [6, 6.07) is 4.24. The zero-order valence-corrected chi connectivity index (χ0v) is 14.2. The molecule has 0 saturated carbocycles. The summed E-state index contributed by atoms with van der Waals surface area (Å²) in [5.41, 5.74) is 3.61. The maximum absolute atomic E-state index is 12.7. The molecule has 0 aromatic carbocycles. The highest BCUT2D eigenvalue weighted by Crippen LogP contribution is 2.41. The highest BCUT2D eigenvalue weighted by atomic mass is 19.4. The number of aromatic nitrogens is 2. The van der Waals surface area contributed by atoms with Gasteiger partial charge in [-0.2, -0.15) is 28.8 Å². The van der Waals surface area contributed by atoms with Crippen molar-refractivity contribution in [1.29, 1.82) is 10.5 Å². The van der Waals surface area contributed by atoms with Crippen LogP contribution in [0.25, 0.3) is 0 Å². The summed E-state index contributed by atoms with van der Waals surface area (Å²) in [5, 5.41) is 29.1. The number of hydrogen-bond donors (Lipinski definition) is 2. The summed E-state index contributed by atoms with van der Waals surface area (Å²) in [6.07, 6.45) is -1.71. The van der Waals surface area contributed by atoms with Crippen molar-refractivity contribution in [2.45, 2.75) is 45.2 Å². The van der Waals surface area contributed by atoms with Crippen molar-refractivity contribution in [3.63, 3.8) is 0 Å². The number of aromatic amines is 1. The first-order valence-electron chi connectivity index (χ1n) is 8.43. The van der Waals surface area contributed by atoms with Gasteiger partial charge in [0.1, 0.15) is 0 Å². The van der Waals surface area contributed by atoms with Crippen LogP contribution in [0.5, 0.6) is 0 Å². The van der Waals surface area contributed by atoms with Crippen LogP contribution < -0.4 is 5.32 Å². The number of nitriles is 2. The monoisotopic (exact) mass is 361 g/mol. The molecule has 0 radical (unpaired) electrons. The van der Waals surface area contributed by atoms with Crippen molar-refractivity contribution in [2.75, 3.05) is 0 Å². The lowest BCUT2D eigenvalue weighted by Gasteiger charge is -2.34. The summed E-state index contributed by atoms with van der Waals surface area (Å²) < 4.78 is 38.0. The maximum atomic E-state index is 12.7. The van der Waals surface area contributed by atoms with Crippen LogP contribution in [-0.4, -0.2) is 16.4 Å². The number of fused-ring (bicyclic) bond motifs is 1. The SMILES string of the molecule is CC1=C(C#N)C(C2CCc3[nH]ncc3C2)C(C#N)=C(CCC(F)(F)F)N1. The van der Waals surface area contributed by atoms with Gasteiger partial charge in [0.05, 0.1) is 29.5 Å². The number of nitrogens with zero attached hydrogens (tertiary/aromatic N) is 3. The fourth-order valence-electron chi connectivity index (χ4n) is 3.88. The Balaban J connectivity index is 1.95. The second kappa shape index (κ2) is 6.87. The van der Waals surface area contributed by atoms with Crippen LogP contribution in [0.4, 0.5) is 13.2 Å². The van der Waals surface area contributed by atoms with Gasteiger partial charge in [-0.25, -0.2) is 0 Å². The molecule has 2 aliphatic rings. The Bertz CT molecular complexity index is 847. The van der Waals surface area contributed by atoms with Crippen molar-refractivity contribution in [1.82, 2.24) is 15.5 Å². The molecule has 1 aliphatic carbocycles. The molecular weight excluding hydrogens is 343 g/mol. The molecule has 0 saturated heterocycles. The molecule has 2 heterocycles. The van der Waals surface area contributed by atoms with Crippen LogP contribution in [0.3, 0.4) is 0 Å². The molecule has 1 aromatic heterocycles. The number of halogens is 3. The van der Waals surface area contributed by atoms with E-state index in [4.69, 9.17) is 0 Å². The number of aryl methyl sites for hydroxylation is 1. The average molecular weight is 361 g/mol. The molecule has 2 unspecified atom stereocenters. The minimum Gasteiger partial charge on any atom is -0.361 e. The Hall–Kier alpha value is -2.74. The molecule has 8 heteroatoms. The Morgan fingerprint density at radius 3 is 2.65 bits per heavy atom. The number of hydrogen-bond acceptors (Lipinski definition) is 4. The third-order valence-electron chi connectivity index (χ3n) is 5.12. The minimum absolute atomic E-state index is 0.0117. The quantitative estimate of drug-likeness (QED) is 0.860. The van der Waals surface area contributed by atoms with Crippen LogP contribution in [-0.2, 0) is 12.8 Å². The highest BCUT2D eigenvalue weighted by molar-refractivity contribution is 5.48. The van der Waals surface area contributed by atoms with E-state index in [-0.39, 0.29) is 23.6 Å². The Kier molecular flexibility index (Phi) is 4.78. The lowest BCUT2D eigenvalue weighted by atomic mass is 9.71. The van der Waals surface area contributed by atoms with Gasteiger partial charge in [-0.1, -0.05) is 0 Å². The Morgan fingerprint density at radius 1 is 1.27 bits per heavy atom. The molecule has 0 amide bonds. The van der Waals surface area contributed by atoms with Gasteiger partial charge < -0.3 is 5.32 Å². The van der Waals surface area contributed by atoms with Crippen molar-refractivity contribution >= 4 is 0 Å². The summed E-state index contributed by atoms with van der Waals surface area (Å²) >= 11 is 0. The molecule has 136 valence electrons. The van der Waals surface area contributed by atoms with Gasteiger partial charge >= 0.3 is 6.18 Å². The zero-order chi connectivity index (χ0) is 18.9. The summed E-state index contributed by atoms with van der Waals surface area (Å²) in [5.74, 6) is -0.486. The molecular formula is C18H18F3N5. The van der Waals surface area contributed by atoms with Gasteiger partial charge in [-0.15, -0.1) is 0 Å². The van der Waals surface area contributed by atoms with Crippen molar-refractivity contribution < 1.29 is 13.2 Å². The van der Waals surface area contributed by atoms with E-state index in [1.165, 1.54) is 0 Å². The van der Waals surface area contributed by atoms with Crippen LogP contribution >= 0.6 is 0 Å². The van der Waals surface area contributed by atoms with Crippen molar-refractivity contribution in [2.24, 2.45) is 11.8 Å². The fraction of sp³-hybridized carbons (Fsp3) is 0.500. The molecule has 2 atom stereocenters. The average Bonchev–Trinajstić information content (AvgIpc) is 3.06. The predicted octanol–water partition coefficient (Wildman–Crippen LogP) is 3.65. The molecule has 1 aliphatic heterocycles. The van der Waals surface area contributed by atoms with Gasteiger partial charge in [-0.05, 0) is 44.1 Å².